The van der Waals surface area contributed by atoms with Crippen LogP contribution in [0.3, 0.4) is 0 Å². The number of aromatic nitrogens is 2. The number of ether oxygens (including phenoxy) is 1. The fraction of sp³-hybridized carbons (Fsp3) is 0.727. The maximum Gasteiger partial charge on any atom is 0.261 e. The van der Waals surface area contributed by atoms with Crippen molar-refractivity contribution in [2.45, 2.75) is 31.9 Å². The van der Waals surface area contributed by atoms with Crippen LogP contribution < -0.4 is 5.32 Å². The normalized spacial score (nSPS) is 15.7. The molecule has 0 unspecified atom stereocenters. The van der Waals surface area contributed by atoms with Gasteiger partial charge < -0.3 is 14.6 Å². The lowest BCUT2D eigenvalue weighted by Gasteiger charge is -2.08. The lowest BCUT2D eigenvalue weighted by atomic mass is 10.4. The van der Waals surface area contributed by atoms with E-state index in [1.807, 2.05) is 12.5 Å². The van der Waals surface area contributed by atoms with Crippen LogP contribution in [0.15, 0.2) is 12.5 Å². The summed E-state index contributed by atoms with van der Waals surface area (Å²) in [5, 5.41) is 3.15. The zero-order chi connectivity index (χ0) is 12.1. The number of alkyl halides is 2. The van der Waals surface area contributed by atoms with Crippen molar-refractivity contribution in [1.82, 2.24) is 14.9 Å². The van der Waals surface area contributed by atoms with E-state index in [-0.39, 0.29) is 0 Å². The van der Waals surface area contributed by atoms with Crippen LogP contribution in [0, 0.1) is 0 Å². The molecule has 0 bridgehead atoms. The SMILES string of the molecule is FC(F)COCCNCc1cncn1C1CC1. The van der Waals surface area contributed by atoms with Gasteiger partial charge in [-0.05, 0) is 12.8 Å². The minimum Gasteiger partial charge on any atom is -0.374 e. The highest BCUT2D eigenvalue weighted by Gasteiger charge is 2.24. The minimum atomic E-state index is -2.38. The van der Waals surface area contributed by atoms with E-state index >= 15 is 0 Å². The Morgan fingerprint density at radius 3 is 3.06 bits per heavy atom. The van der Waals surface area contributed by atoms with Crippen LogP contribution in [0.25, 0.3) is 0 Å². The molecular weight excluding hydrogens is 228 g/mol. The molecule has 1 fully saturated rings. The van der Waals surface area contributed by atoms with Gasteiger partial charge in [0.1, 0.15) is 6.61 Å². The molecule has 0 saturated heterocycles. The third-order valence-electron chi connectivity index (χ3n) is 2.66. The van der Waals surface area contributed by atoms with Gasteiger partial charge in [-0.3, -0.25) is 0 Å². The molecule has 0 radical (unpaired) electrons. The van der Waals surface area contributed by atoms with Gasteiger partial charge in [0.15, 0.2) is 0 Å². The van der Waals surface area contributed by atoms with Crippen molar-refractivity contribution in [2.24, 2.45) is 0 Å². The van der Waals surface area contributed by atoms with Gasteiger partial charge in [-0.25, -0.2) is 13.8 Å². The second-order valence-electron chi connectivity index (χ2n) is 4.17. The molecule has 0 aromatic carbocycles. The molecular formula is C11H17F2N3O. The molecule has 2 rings (SSSR count). The number of halogens is 2. The first-order valence-electron chi connectivity index (χ1n) is 5.84. The quantitative estimate of drug-likeness (QED) is 0.707. The van der Waals surface area contributed by atoms with Crippen molar-refractivity contribution >= 4 is 0 Å². The van der Waals surface area contributed by atoms with Gasteiger partial charge in [-0.2, -0.15) is 0 Å². The summed E-state index contributed by atoms with van der Waals surface area (Å²) < 4.78 is 30.5. The second kappa shape index (κ2) is 6.07. The van der Waals surface area contributed by atoms with Gasteiger partial charge in [-0.15, -0.1) is 0 Å². The summed E-state index contributed by atoms with van der Waals surface area (Å²) in [4.78, 5) is 4.11. The summed E-state index contributed by atoms with van der Waals surface area (Å²) in [6, 6.07) is 0.615. The molecule has 0 amide bonds. The average Bonchev–Trinajstić information content (AvgIpc) is 3.03. The average molecular weight is 245 g/mol. The van der Waals surface area contributed by atoms with Crippen LogP contribution in [0.2, 0.25) is 0 Å². The lowest BCUT2D eigenvalue weighted by molar-refractivity contribution is 0.0187. The molecule has 1 heterocycles. The minimum absolute atomic E-state index is 0.307. The highest BCUT2D eigenvalue weighted by Crippen LogP contribution is 2.35. The Morgan fingerprint density at radius 2 is 2.35 bits per heavy atom. The summed E-state index contributed by atoms with van der Waals surface area (Å²) in [5.41, 5.74) is 1.14. The van der Waals surface area contributed by atoms with Gasteiger partial charge >= 0.3 is 0 Å². The number of nitrogens with one attached hydrogen (secondary N) is 1. The summed E-state index contributed by atoms with van der Waals surface area (Å²) >= 11 is 0. The van der Waals surface area contributed by atoms with Gasteiger partial charge in [0.25, 0.3) is 6.43 Å². The van der Waals surface area contributed by atoms with Crippen molar-refractivity contribution in [2.75, 3.05) is 19.8 Å². The fourth-order valence-electron chi connectivity index (χ4n) is 1.68. The van der Waals surface area contributed by atoms with Crippen LogP contribution in [0.5, 0.6) is 0 Å². The highest BCUT2D eigenvalue weighted by atomic mass is 19.3. The van der Waals surface area contributed by atoms with Crippen molar-refractivity contribution < 1.29 is 13.5 Å². The van der Waals surface area contributed by atoms with E-state index in [0.717, 1.165) is 5.69 Å². The van der Waals surface area contributed by atoms with Crippen LogP contribution >= 0.6 is 0 Å². The zero-order valence-electron chi connectivity index (χ0n) is 9.61. The Morgan fingerprint density at radius 1 is 1.53 bits per heavy atom. The van der Waals surface area contributed by atoms with Crippen LogP contribution in [-0.2, 0) is 11.3 Å². The van der Waals surface area contributed by atoms with Crippen LogP contribution in [-0.4, -0.2) is 35.7 Å². The standard InChI is InChI=1S/C11H17F2N3O/c12-11(13)7-17-4-3-14-5-10-6-15-8-16(10)9-1-2-9/h6,8-9,11,14H,1-5,7H2. The number of imidazole rings is 1. The summed E-state index contributed by atoms with van der Waals surface area (Å²) in [6.07, 6.45) is 3.75. The van der Waals surface area contributed by atoms with E-state index in [0.29, 0.717) is 25.7 Å². The smallest absolute Gasteiger partial charge is 0.261 e. The summed E-state index contributed by atoms with van der Waals surface area (Å²) in [7, 11) is 0. The summed E-state index contributed by atoms with van der Waals surface area (Å²) in [6.45, 7) is 1.10. The van der Waals surface area contributed by atoms with E-state index in [1.54, 1.807) is 0 Å². The fourth-order valence-corrected chi connectivity index (χ4v) is 1.68. The number of hydrogen-bond donors (Lipinski definition) is 1. The molecule has 96 valence electrons. The molecule has 0 atom stereocenters. The zero-order valence-corrected chi connectivity index (χ0v) is 9.61. The van der Waals surface area contributed by atoms with Gasteiger partial charge in [0, 0.05) is 25.3 Å². The molecule has 0 aliphatic heterocycles. The molecule has 1 aliphatic carbocycles. The van der Waals surface area contributed by atoms with Crippen LogP contribution in [0.4, 0.5) is 8.78 Å². The molecule has 1 aromatic heterocycles. The number of hydrogen-bond acceptors (Lipinski definition) is 3. The molecule has 1 aliphatic rings. The van der Waals surface area contributed by atoms with Crippen molar-refractivity contribution in [1.29, 1.82) is 0 Å². The van der Waals surface area contributed by atoms with Gasteiger partial charge in [0.2, 0.25) is 0 Å². The van der Waals surface area contributed by atoms with Crippen molar-refractivity contribution in [3.63, 3.8) is 0 Å². The van der Waals surface area contributed by atoms with E-state index < -0.39 is 13.0 Å². The Kier molecular flexibility index (Phi) is 4.44. The number of nitrogens with zero attached hydrogens (tertiary/aromatic N) is 2. The van der Waals surface area contributed by atoms with Crippen molar-refractivity contribution in [3.8, 4) is 0 Å². The van der Waals surface area contributed by atoms with Gasteiger partial charge in [-0.1, -0.05) is 0 Å². The molecule has 4 nitrogen and oxygen atoms in total. The maximum absolute atomic E-state index is 11.8. The highest BCUT2D eigenvalue weighted by molar-refractivity contribution is 5.03. The molecule has 1 N–H and O–H groups in total. The third kappa shape index (κ3) is 4.05. The Labute approximate surface area is 99.0 Å². The monoisotopic (exact) mass is 245 g/mol. The molecule has 1 aromatic rings. The van der Waals surface area contributed by atoms with E-state index in [1.165, 1.54) is 12.8 Å². The Bertz CT molecular complexity index is 339. The predicted molar refractivity (Wildman–Crippen MR) is 59.0 cm³/mol. The van der Waals surface area contributed by atoms with E-state index in [2.05, 4.69) is 14.9 Å². The second-order valence-corrected chi connectivity index (χ2v) is 4.17. The first-order chi connectivity index (χ1) is 8.27. The molecule has 1 saturated carbocycles. The maximum atomic E-state index is 11.8. The van der Waals surface area contributed by atoms with Crippen LogP contribution in [0.1, 0.15) is 24.6 Å². The van der Waals surface area contributed by atoms with E-state index in [9.17, 15) is 8.78 Å². The first kappa shape index (κ1) is 12.4. The Balaban J connectivity index is 1.59. The number of rotatable bonds is 8. The topological polar surface area (TPSA) is 39.1 Å². The largest absolute Gasteiger partial charge is 0.374 e. The molecule has 17 heavy (non-hydrogen) atoms. The Hall–Kier alpha value is -1.01. The summed E-state index contributed by atoms with van der Waals surface area (Å²) in [5.74, 6) is 0. The van der Waals surface area contributed by atoms with E-state index in [4.69, 9.17) is 4.74 Å². The first-order valence-corrected chi connectivity index (χ1v) is 5.84. The van der Waals surface area contributed by atoms with Gasteiger partial charge in [0.05, 0.1) is 18.6 Å². The molecule has 0 spiro atoms. The molecule has 6 heteroatoms. The third-order valence-corrected chi connectivity index (χ3v) is 2.66. The van der Waals surface area contributed by atoms with Crippen molar-refractivity contribution in [3.05, 3.63) is 18.2 Å². The predicted octanol–water partition coefficient (Wildman–Crippen LogP) is 1.59. The lowest BCUT2D eigenvalue weighted by Crippen LogP contribution is -2.21.